The average Bonchev–Trinajstić information content (AvgIpc) is 3.05. The highest BCUT2D eigenvalue weighted by molar-refractivity contribution is 6.04. The molecule has 0 saturated carbocycles. The first-order valence-electron chi connectivity index (χ1n) is 9.06. The van der Waals surface area contributed by atoms with Crippen LogP contribution in [0.15, 0.2) is 36.5 Å². The zero-order valence-electron chi connectivity index (χ0n) is 15.2. The molecule has 1 aromatic carbocycles. The standard InChI is InChI=1S/C20H26N4O/c1-4-23(5-2)19-10-8-16(14-21-19)20(25)22-17-9-7-15-11-12-24(6-3)18(15)13-17/h7-10,13-14H,4-6,11-12H2,1-3H3,(H,22,25). The Morgan fingerprint density at radius 3 is 2.64 bits per heavy atom. The fraction of sp³-hybridized carbons (Fsp3) is 0.400. The van der Waals surface area contributed by atoms with Crippen LogP contribution in [0.5, 0.6) is 0 Å². The molecule has 25 heavy (non-hydrogen) atoms. The van der Waals surface area contributed by atoms with Crippen LogP contribution >= 0.6 is 0 Å². The fourth-order valence-electron chi connectivity index (χ4n) is 3.31. The van der Waals surface area contributed by atoms with E-state index in [4.69, 9.17) is 0 Å². The summed E-state index contributed by atoms with van der Waals surface area (Å²) in [6.45, 7) is 10.2. The Morgan fingerprint density at radius 1 is 1.20 bits per heavy atom. The van der Waals surface area contributed by atoms with Crippen molar-refractivity contribution in [2.75, 3.05) is 41.3 Å². The smallest absolute Gasteiger partial charge is 0.257 e. The Kier molecular flexibility index (Phi) is 5.22. The molecule has 0 radical (unpaired) electrons. The number of likely N-dealkylation sites (N-methyl/N-ethyl adjacent to an activating group) is 1. The second-order valence-corrected chi connectivity index (χ2v) is 6.20. The summed E-state index contributed by atoms with van der Waals surface area (Å²) >= 11 is 0. The highest BCUT2D eigenvalue weighted by Crippen LogP contribution is 2.30. The lowest BCUT2D eigenvalue weighted by Crippen LogP contribution is -2.23. The number of hydrogen-bond acceptors (Lipinski definition) is 4. The minimum Gasteiger partial charge on any atom is -0.371 e. The van der Waals surface area contributed by atoms with Crippen molar-refractivity contribution in [3.8, 4) is 0 Å². The molecule has 0 unspecified atom stereocenters. The molecule has 3 rings (SSSR count). The van der Waals surface area contributed by atoms with Gasteiger partial charge in [0, 0.05) is 43.8 Å². The van der Waals surface area contributed by atoms with Crippen LogP contribution in [-0.4, -0.2) is 37.1 Å². The molecule has 0 atom stereocenters. The zero-order valence-corrected chi connectivity index (χ0v) is 15.2. The van der Waals surface area contributed by atoms with E-state index in [-0.39, 0.29) is 5.91 Å². The van der Waals surface area contributed by atoms with Gasteiger partial charge in [0.1, 0.15) is 5.82 Å². The van der Waals surface area contributed by atoms with Crippen molar-refractivity contribution in [1.82, 2.24) is 4.98 Å². The summed E-state index contributed by atoms with van der Waals surface area (Å²) in [7, 11) is 0. The molecule has 0 bridgehead atoms. The SMILES string of the molecule is CCN(CC)c1ccc(C(=O)Nc2ccc3c(c2)N(CC)CC3)cn1. The van der Waals surface area contributed by atoms with Crippen molar-refractivity contribution in [1.29, 1.82) is 0 Å². The molecule has 0 aliphatic carbocycles. The van der Waals surface area contributed by atoms with Gasteiger partial charge in [-0.25, -0.2) is 4.98 Å². The largest absolute Gasteiger partial charge is 0.371 e. The van der Waals surface area contributed by atoms with Crippen LogP contribution in [0.25, 0.3) is 0 Å². The van der Waals surface area contributed by atoms with E-state index >= 15 is 0 Å². The van der Waals surface area contributed by atoms with E-state index in [1.807, 2.05) is 18.2 Å². The zero-order chi connectivity index (χ0) is 17.8. The van der Waals surface area contributed by atoms with Gasteiger partial charge in [0.25, 0.3) is 5.91 Å². The van der Waals surface area contributed by atoms with Crippen LogP contribution in [0.2, 0.25) is 0 Å². The van der Waals surface area contributed by atoms with Crippen LogP contribution in [-0.2, 0) is 6.42 Å². The minimum absolute atomic E-state index is 0.125. The van der Waals surface area contributed by atoms with Gasteiger partial charge in [0.2, 0.25) is 0 Å². The van der Waals surface area contributed by atoms with Gasteiger partial charge < -0.3 is 15.1 Å². The van der Waals surface area contributed by atoms with E-state index in [1.165, 1.54) is 11.3 Å². The summed E-state index contributed by atoms with van der Waals surface area (Å²) in [5.41, 5.74) is 3.99. The molecule has 5 heteroatoms. The minimum atomic E-state index is -0.125. The van der Waals surface area contributed by atoms with Gasteiger partial charge in [-0.3, -0.25) is 4.79 Å². The highest BCUT2D eigenvalue weighted by Gasteiger charge is 2.18. The number of benzene rings is 1. The monoisotopic (exact) mass is 338 g/mol. The van der Waals surface area contributed by atoms with E-state index in [0.29, 0.717) is 5.56 Å². The molecule has 1 amide bonds. The van der Waals surface area contributed by atoms with E-state index in [1.54, 1.807) is 6.20 Å². The third kappa shape index (κ3) is 3.60. The topological polar surface area (TPSA) is 48.5 Å². The first kappa shape index (κ1) is 17.3. The second-order valence-electron chi connectivity index (χ2n) is 6.20. The number of carbonyl (C=O) groups excluding carboxylic acids is 1. The maximum atomic E-state index is 12.5. The number of carbonyl (C=O) groups is 1. The van der Waals surface area contributed by atoms with Crippen LogP contribution < -0.4 is 15.1 Å². The Hall–Kier alpha value is -2.56. The molecule has 2 heterocycles. The van der Waals surface area contributed by atoms with Gasteiger partial charge in [0.15, 0.2) is 0 Å². The number of fused-ring (bicyclic) bond motifs is 1. The third-order valence-corrected chi connectivity index (χ3v) is 4.81. The lowest BCUT2D eigenvalue weighted by Gasteiger charge is -2.19. The third-order valence-electron chi connectivity index (χ3n) is 4.81. The van der Waals surface area contributed by atoms with Crippen molar-refractivity contribution in [3.05, 3.63) is 47.7 Å². The lowest BCUT2D eigenvalue weighted by molar-refractivity contribution is 0.102. The molecule has 132 valence electrons. The lowest BCUT2D eigenvalue weighted by atomic mass is 10.1. The normalized spacial score (nSPS) is 12.8. The number of hydrogen-bond donors (Lipinski definition) is 1. The Morgan fingerprint density at radius 2 is 2.00 bits per heavy atom. The molecule has 0 spiro atoms. The number of nitrogens with zero attached hydrogens (tertiary/aromatic N) is 3. The van der Waals surface area contributed by atoms with E-state index in [2.05, 4.69) is 53.0 Å². The van der Waals surface area contributed by atoms with E-state index in [9.17, 15) is 4.79 Å². The average molecular weight is 338 g/mol. The van der Waals surface area contributed by atoms with Crippen molar-refractivity contribution in [2.24, 2.45) is 0 Å². The fourth-order valence-corrected chi connectivity index (χ4v) is 3.31. The number of aromatic nitrogens is 1. The highest BCUT2D eigenvalue weighted by atomic mass is 16.1. The summed E-state index contributed by atoms with van der Waals surface area (Å²) in [5, 5.41) is 2.99. The molecule has 1 N–H and O–H groups in total. The maximum absolute atomic E-state index is 12.5. The number of rotatable bonds is 6. The summed E-state index contributed by atoms with van der Waals surface area (Å²) in [6, 6.07) is 9.91. The van der Waals surface area contributed by atoms with Gasteiger partial charge in [-0.2, -0.15) is 0 Å². The molecule has 1 aliphatic heterocycles. The molecule has 1 aliphatic rings. The first-order chi connectivity index (χ1) is 12.2. The predicted octanol–water partition coefficient (Wildman–Crippen LogP) is 3.56. The van der Waals surface area contributed by atoms with Crippen LogP contribution in [0.1, 0.15) is 36.7 Å². The van der Waals surface area contributed by atoms with Gasteiger partial charge in [-0.15, -0.1) is 0 Å². The molecular formula is C20H26N4O. The molecule has 1 aromatic heterocycles. The van der Waals surface area contributed by atoms with Crippen molar-refractivity contribution in [2.45, 2.75) is 27.2 Å². The Bertz CT molecular complexity index is 738. The number of pyridine rings is 1. The number of amides is 1. The quantitative estimate of drug-likeness (QED) is 0.875. The second kappa shape index (κ2) is 7.55. The molecule has 0 saturated heterocycles. The molecule has 2 aromatic rings. The van der Waals surface area contributed by atoms with Gasteiger partial charge in [-0.1, -0.05) is 6.07 Å². The van der Waals surface area contributed by atoms with Crippen LogP contribution in [0.3, 0.4) is 0 Å². The number of nitrogens with one attached hydrogen (secondary N) is 1. The van der Waals surface area contributed by atoms with Crippen molar-refractivity contribution in [3.63, 3.8) is 0 Å². The number of anilines is 3. The van der Waals surface area contributed by atoms with Gasteiger partial charge >= 0.3 is 0 Å². The summed E-state index contributed by atoms with van der Waals surface area (Å²) in [4.78, 5) is 21.4. The van der Waals surface area contributed by atoms with Crippen LogP contribution in [0, 0.1) is 0 Å². The maximum Gasteiger partial charge on any atom is 0.257 e. The molecular weight excluding hydrogens is 312 g/mol. The Balaban J connectivity index is 1.72. The van der Waals surface area contributed by atoms with Gasteiger partial charge in [0.05, 0.1) is 5.56 Å². The van der Waals surface area contributed by atoms with Crippen molar-refractivity contribution >= 4 is 23.1 Å². The molecule has 5 nitrogen and oxygen atoms in total. The van der Waals surface area contributed by atoms with Crippen LogP contribution in [0.4, 0.5) is 17.2 Å². The summed E-state index contributed by atoms with van der Waals surface area (Å²) in [6.07, 6.45) is 2.73. The predicted molar refractivity (Wildman–Crippen MR) is 104 cm³/mol. The molecule has 0 fully saturated rings. The summed E-state index contributed by atoms with van der Waals surface area (Å²) < 4.78 is 0. The Labute approximate surface area is 149 Å². The van der Waals surface area contributed by atoms with E-state index < -0.39 is 0 Å². The van der Waals surface area contributed by atoms with E-state index in [0.717, 1.165) is 44.1 Å². The van der Waals surface area contributed by atoms with Crippen molar-refractivity contribution < 1.29 is 4.79 Å². The summed E-state index contributed by atoms with van der Waals surface area (Å²) in [5.74, 6) is 0.775. The first-order valence-corrected chi connectivity index (χ1v) is 9.06. The van der Waals surface area contributed by atoms with Gasteiger partial charge in [-0.05, 0) is 57.0 Å².